The zero-order valence-electron chi connectivity index (χ0n) is 14.7. The van der Waals surface area contributed by atoms with Crippen LogP contribution in [0.5, 0.6) is 0 Å². The summed E-state index contributed by atoms with van der Waals surface area (Å²) in [7, 11) is -3.68. The minimum atomic E-state index is -3.68. The maximum Gasteiger partial charge on any atom is 0.253 e. The molecule has 0 radical (unpaired) electrons. The Bertz CT molecular complexity index is 815. The highest BCUT2D eigenvalue weighted by Gasteiger charge is 2.40. The molecule has 0 saturated carbocycles. The van der Waals surface area contributed by atoms with E-state index in [1.165, 1.54) is 17.0 Å². The summed E-state index contributed by atoms with van der Waals surface area (Å²) in [6, 6.07) is 3.70. The van der Waals surface area contributed by atoms with Gasteiger partial charge in [0.25, 0.3) is 5.91 Å². The molecule has 0 aliphatic carbocycles. The average molecular weight is 405 g/mol. The van der Waals surface area contributed by atoms with Gasteiger partial charge in [-0.3, -0.25) is 14.3 Å². The van der Waals surface area contributed by atoms with E-state index in [0.29, 0.717) is 25.8 Å². The van der Waals surface area contributed by atoms with E-state index in [-0.39, 0.29) is 28.8 Å². The SMILES string of the molecule is CCCS(=O)(=O)NC(=O)C1(C)CCCN(C(=O)c2ccc(F)c(Cl)c2)C1. The van der Waals surface area contributed by atoms with E-state index in [9.17, 15) is 22.4 Å². The minimum Gasteiger partial charge on any atom is -0.338 e. The number of carbonyl (C=O) groups is 2. The molecule has 0 aromatic heterocycles. The molecule has 26 heavy (non-hydrogen) atoms. The molecule has 144 valence electrons. The molecule has 1 aliphatic heterocycles. The van der Waals surface area contributed by atoms with Gasteiger partial charge in [0.05, 0.1) is 16.2 Å². The number of benzene rings is 1. The smallest absolute Gasteiger partial charge is 0.253 e. The zero-order valence-corrected chi connectivity index (χ0v) is 16.3. The highest BCUT2D eigenvalue weighted by molar-refractivity contribution is 7.90. The van der Waals surface area contributed by atoms with E-state index in [4.69, 9.17) is 11.6 Å². The molecular formula is C17H22ClFN2O4S. The van der Waals surface area contributed by atoms with Crippen molar-refractivity contribution in [1.29, 1.82) is 0 Å². The summed E-state index contributed by atoms with van der Waals surface area (Å²) in [6.45, 7) is 3.86. The second-order valence-electron chi connectivity index (χ2n) is 6.77. The molecular weight excluding hydrogens is 383 g/mol. The molecule has 0 bridgehead atoms. The predicted molar refractivity (Wildman–Crippen MR) is 96.9 cm³/mol. The van der Waals surface area contributed by atoms with Gasteiger partial charge in [0.2, 0.25) is 15.9 Å². The van der Waals surface area contributed by atoms with Gasteiger partial charge in [0, 0.05) is 18.7 Å². The van der Waals surface area contributed by atoms with Crippen molar-refractivity contribution in [2.45, 2.75) is 33.1 Å². The van der Waals surface area contributed by atoms with Crippen LogP contribution < -0.4 is 4.72 Å². The Kier molecular flexibility index (Phi) is 6.29. The van der Waals surface area contributed by atoms with E-state index in [0.717, 1.165) is 6.07 Å². The summed E-state index contributed by atoms with van der Waals surface area (Å²) in [5, 5.41) is -0.154. The van der Waals surface area contributed by atoms with Crippen LogP contribution in [0.15, 0.2) is 18.2 Å². The second-order valence-corrected chi connectivity index (χ2v) is 9.02. The van der Waals surface area contributed by atoms with Gasteiger partial charge in [-0.05, 0) is 44.4 Å². The zero-order chi connectivity index (χ0) is 19.5. The Morgan fingerprint density at radius 2 is 2.08 bits per heavy atom. The summed E-state index contributed by atoms with van der Waals surface area (Å²) in [5.74, 6) is -1.74. The molecule has 1 fully saturated rings. The number of amides is 2. The lowest BCUT2D eigenvalue weighted by molar-refractivity contribution is -0.130. The van der Waals surface area contributed by atoms with Crippen LogP contribution in [0.25, 0.3) is 0 Å². The van der Waals surface area contributed by atoms with Crippen molar-refractivity contribution in [3.63, 3.8) is 0 Å². The summed E-state index contributed by atoms with van der Waals surface area (Å²) < 4.78 is 39.1. The largest absolute Gasteiger partial charge is 0.338 e. The Hall–Kier alpha value is -1.67. The highest BCUT2D eigenvalue weighted by Crippen LogP contribution is 2.31. The fourth-order valence-electron chi connectivity index (χ4n) is 2.99. The summed E-state index contributed by atoms with van der Waals surface area (Å²) in [6.07, 6.45) is 1.42. The Morgan fingerprint density at radius 3 is 2.69 bits per heavy atom. The number of nitrogens with zero attached hydrogens (tertiary/aromatic N) is 1. The Morgan fingerprint density at radius 1 is 1.38 bits per heavy atom. The predicted octanol–water partition coefficient (Wildman–Crippen LogP) is 2.58. The molecule has 0 spiro atoms. The Balaban J connectivity index is 2.15. The molecule has 1 unspecified atom stereocenters. The van der Waals surface area contributed by atoms with Gasteiger partial charge in [0.1, 0.15) is 5.82 Å². The molecule has 9 heteroatoms. The average Bonchev–Trinajstić information content (AvgIpc) is 2.56. The first-order valence-corrected chi connectivity index (χ1v) is 10.4. The maximum absolute atomic E-state index is 13.3. The third-order valence-corrected chi connectivity index (χ3v) is 6.15. The van der Waals surface area contributed by atoms with Crippen LogP contribution in [0.4, 0.5) is 4.39 Å². The molecule has 1 atom stereocenters. The molecule has 2 rings (SSSR count). The molecule has 2 amide bonds. The van der Waals surface area contributed by atoms with Crippen LogP contribution in [0, 0.1) is 11.2 Å². The summed E-state index contributed by atoms with van der Waals surface area (Å²) in [5.41, 5.74) is -0.793. The molecule has 1 aromatic carbocycles. The molecule has 6 nitrogen and oxygen atoms in total. The van der Waals surface area contributed by atoms with Crippen LogP contribution in [0.2, 0.25) is 5.02 Å². The summed E-state index contributed by atoms with van der Waals surface area (Å²) >= 11 is 5.73. The van der Waals surface area contributed by atoms with Crippen LogP contribution >= 0.6 is 11.6 Å². The van der Waals surface area contributed by atoms with Gasteiger partial charge in [-0.15, -0.1) is 0 Å². The monoisotopic (exact) mass is 404 g/mol. The van der Waals surface area contributed by atoms with Crippen LogP contribution in [0.1, 0.15) is 43.5 Å². The maximum atomic E-state index is 13.3. The summed E-state index contributed by atoms with van der Waals surface area (Å²) in [4.78, 5) is 26.6. The number of hydrogen-bond donors (Lipinski definition) is 1. The van der Waals surface area contributed by atoms with Crippen molar-refractivity contribution in [3.05, 3.63) is 34.6 Å². The lowest BCUT2D eigenvalue weighted by atomic mass is 9.81. The van der Waals surface area contributed by atoms with Crippen molar-refractivity contribution in [2.24, 2.45) is 5.41 Å². The van der Waals surface area contributed by atoms with E-state index >= 15 is 0 Å². The molecule has 1 aliphatic rings. The Labute approximate surface area is 157 Å². The van der Waals surface area contributed by atoms with Gasteiger partial charge in [-0.2, -0.15) is 0 Å². The first-order chi connectivity index (χ1) is 12.1. The van der Waals surface area contributed by atoms with E-state index in [1.807, 2.05) is 0 Å². The van der Waals surface area contributed by atoms with Gasteiger partial charge in [-0.1, -0.05) is 18.5 Å². The molecule has 1 saturated heterocycles. The van der Waals surface area contributed by atoms with E-state index in [1.54, 1.807) is 13.8 Å². The number of nitrogens with one attached hydrogen (secondary N) is 1. The number of hydrogen-bond acceptors (Lipinski definition) is 4. The number of rotatable bonds is 5. The quantitative estimate of drug-likeness (QED) is 0.817. The minimum absolute atomic E-state index is 0.0777. The van der Waals surface area contributed by atoms with Crippen molar-refractivity contribution >= 4 is 33.4 Å². The van der Waals surface area contributed by atoms with Crippen molar-refractivity contribution in [2.75, 3.05) is 18.8 Å². The van der Waals surface area contributed by atoms with Crippen molar-refractivity contribution in [1.82, 2.24) is 9.62 Å². The number of sulfonamides is 1. The van der Waals surface area contributed by atoms with Crippen LogP contribution in [-0.2, 0) is 14.8 Å². The van der Waals surface area contributed by atoms with Crippen molar-refractivity contribution in [3.8, 4) is 0 Å². The lowest BCUT2D eigenvalue weighted by Gasteiger charge is -2.39. The number of piperidine rings is 1. The lowest BCUT2D eigenvalue weighted by Crippen LogP contribution is -2.53. The third-order valence-electron chi connectivity index (χ3n) is 4.42. The number of carbonyl (C=O) groups excluding carboxylic acids is 2. The molecule has 1 heterocycles. The third kappa shape index (κ3) is 4.73. The number of halogens is 2. The van der Waals surface area contributed by atoms with Crippen LogP contribution in [-0.4, -0.2) is 44.0 Å². The molecule has 1 N–H and O–H groups in total. The topological polar surface area (TPSA) is 83.6 Å². The van der Waals surface area contributed by atoms with Gasteiger partial charge >= 0.3 is 0 Å². The fraction of sp³-hybridized carbons (Fsp3) is 0.529. The fourth-order valence-corrected chi connectivity index (χ4v) is 4.34. The van der Waals surface area contributed by atoms with E-state index in [2.05, 4.69) is 4.72 Å². The van der Waals surface area contributed by atoms with Crippen molar-refractivity contribution < 1.29 is 22.4 Å². The first kappa shape index (κ1) is 20.6. The molecule has 1 aromatic rings. The van der Waals surface area contributed by atoms with Gasteiger partial charge < -0.3 is 4.90 Å². The van der Waals surface area contributed by atoms with Crippen LogP contribution in [0.3, 0.4) is 0 Å². The number of likely N-dealkylation sites (tertiary alicyclic amines) is 1. The van der Waals surface area contributed by atoms with Gasteiger partial charge in [-0.25, -0.2) is 12.8 Å². The highest BCUT2D eigenvalue weighted by atomic mass is 35.5. The van der Waals surface area contributed by atoms with Gasteiger partial charge in [0.15, 0.2) is 0 Å². The normalized spacial score (nSPS) is 20.7. The first-order valence-electron chi connectivity index (χ1n) is 8.37. The second kappa shape index (κ2) is 7.92. The van der Waals surface area contributed by atoms with E-state index < -0.39 is 27.2 Å². The standard InChI is InChI=1S/C17H22ClFN2O4S/c1-3-9-26(24,25)20-16(23)17(2)7-4-8-21(11-17)15(22)12-5-6-14(19)13(18)10-12/h5-6,10H,3-4,7-9,11H2,1-2H3,(H,20,23).